The Morgan fingerprint density at radius 1 is 1.30 bits per heavy atom. The molecule has 1 aromatic heterocycles. The van der Waals surface area contributed by atoms with E-state index in [-0.39, 0.29) is 5.82 Å². The molecule has 3 rings (SSSR count). The van der Waals surface area contributed by atoms with E-state index in [4.69, 9.17) is 17.3 Å². The van der Waals surface area contributed by atoms with Crippen LogP contribution in [-0.2, 0) is 6.54 Å². The first-order valence-electron chi connectivity index (χ1n) is 6.32. The molecule has 2 N–H and O–H groups in total. The molecular weight excluding hydrogens is 277 g/mol. The van der Waals surface area contributed by atoms with Crippen LogP contribution < -0.4 is 5.73 Å². The molecule has 102 valence electrons. The summed E-state index contributed by atoms with van der Waals surface area (Å²) in [6.07, 6.45) is 0. The molecule has 0 aliphatic rings. The number of imidazole rings is 1. The second-order valence-corrected chi connectivity index (χ2v) is 4.95. The summed E-state index contributed by atoms with van der Waals surface area (Å²) in [5.41, 5.74) is 8.27. The lowest BCUT2D eigenvalue weighted by Crippen LogP contribution is -2.02. The summed E-state index contributed by atoms with van der Waals surface area (Å²) >= 11 is 5.98. The average Bonchev–Trinajstić information content (AvgIpc) is 2.75. The number of benzene rings is 2. The number of aryl methyl sites for hydroxylation is 1. The van der Waals surface area contributed by atoms with E-state index < -0.39 is 0 Å². The van der Waals surface area contributed by atoms with Gasteiger partial charge >= 0.3 is 0 Å². The van der Waals surface area contributed by atoms with Gasteiger partial charge in [0.05, 0.1) is 16.6 Å². The molecule has 2 aromatic carbocycles. The highest BCUT2D eigenvalue weighted by Gasteiger charge is 2.17. The molecule has 20 heavy (non-hydrogen) atoms. The van der Waals surface area contributed by atoms with Gasteiger partial charge in [-0.15, -0.1) is 0 Å². The van der Waals surface area contributed by atoms with Gasteiger partial charge in [0.1, 0.15) is 11.6 Å². The number of rotatable bonds is 2. The van der Waals surface area contributed by atoms with Crippen molar-refractivity contribution < 1.29 is 4.39 Å². The smallest absolute Gasteiger partial charge is 0.146 e. The maximum Gasteiger partial charge on any atom is 0.146 e. The van der Waals surface area contributed by atoms with Crippen molar-refractivity contribution in [1.29, 1.82) is 0 Å². The SMILES string of the molecule is CCn1c(-c2c(N)cccc2F)nc2cc(Cl)ccc21. The summed E-state index contributed by atoms with van der Waals surface area (Å²) < 4.78 is 16.0. The highest BCUT2D eigenvalue weighted by atomic mass is 35.5. The molecule has 0 radical (unpaired) electrons. The molecule has 0 bridgehead atoms. The number of aromatic nitrogens is 2. The minimum atomic E-state index is -0.374. The van der Waals surface area contributed by atoms with Crippen molar-refractivity contribution in [2.24, 2.45) is 0 Å². The van der Waals surface area contributed by atoms with Crippen LogP contribution >= 0.6 is 11.6 Å². The summed E-state index contributed by atoms with van der Waals surface area (Å²) in [5.74, 6) is 0.154. The molecule has 0 aliphatic carbocycles. The third kappa shape index (κ3) is 1.93. The molecule has 5 heteroatoms. The van der Waals surface area contributed by atoms with E-state index in [9.17, 15) is 4.39 Å². The maximum atomic E-state index is 14.1. The first-order valence-corrected chi connectivity index (χ1v) is 6.69. The van der Waals surface area contributed by atoms with Gasteiger partial charge in [-0.05, 0) is 37.3 Å². The Labute approximate surface area is 120 Å². The van der Waals surface area contributed by atoms with Gasteiger partial charge in [0.2, 0.25) is 0 Å². The van der Waals surface area contributed by atoms with Gasteiger partial charge in [0.25, 0.3) is 0 Å². The van der Waals surface area contributed by atoms with Crippen LogP contribution in [0.3, 0.4) is 0 Å². The van der Waals surface area contributed by atoms with E-state index in [1.54, 1.807) is 24.3 Å². The van der Waals surface area contributed by atoms with Crippen LogP contribution in [-0.4, -0.2) is 9.55 Å². The third-order valence-corrected chi connectivity index (χ3v) is 3.53. The van der Waals surface area contributed by atoms with Gasteiger partial charge in [-0.2, -0.15) is 0 Å². The Balaban J connectivity index is 2.36. The zero-order chi connectivity index (χ0) is 14.3. The molecule has 0 unspecified atom stereocenters. The third-order valence-electron chi connectivity index (χ3n) is 3.30. The van der Waals surface area contributed by atoms with Crippen molar-refractivity contribution in [2.75, 3.05) is 5.73 Å². The first kappa shape index (κ1) is 12.9. The fraction of sp³-hybridized carbons (Fsp3) is 0.133. The van der Waals surface area contributed by atoms with E-state index in [1.807, 2.05) is 17.6 Å². The zero-order valence-electron chi connectivity index (χ0n) is 10.9. The number of hydrogen-bond acceptors (Lipinski definition) is 2. The number of hydrogen-bond donors (Lipinski definition) is 1. The second-order valence-electron chi connectivity index (χ2n) is 4.52. The van der Waals surface area contributed by atoms with Crippen LogP contribution in [0.25, 0.3) is 22.4 Å². The largest absolute Gasteiger partial charge is 0.398 e. The molecule has 0 atom stereocenters. The van der Waals surface area contributed by atoms with E-state index in [1.165, 1.54) is 6.07 Å². The van der Waals surface area contributed by atoms with E-state index >= 15 is 0 Å². The van der Waals surface area contributed by atoms with Crippen molar-refractivity contribution in [1.82, 2.24) is 9.55 Å². The van der Waals surface area contributed by atoms with Crippen LogP contribution in [0.2, 0.25) is 5.02 Å². The van der Waals surface area contributed by atoms with Gasteiger partial charge in [-0.3, -0.25) is 0 Å². The normalized spacial score (nSPS) is 11.2. The Kier molecular flexibility index (Phi) is 3.10. The molecule has 3 nitrogen and oxygen atoms in total. The topological polar surface area (TPSA) is 43.8 Å². The van der Waals surface area contributed by atoms with Crippen molar-refractivity contribution in [2.45, 2.75) is 13.5 Å². The standard InChI is InChI=1S/C15H13ClFN3/c1-2-20-13-7-6-9(16)8-12(13)19-15(20)14-10(17)4-3-5-11(14)18/h3-8H,2,18H2,1H3. The predicted molar refractivity (Wildman–Crippen MR) is 80.2 cm³/mol. The summed E-state index contributed by atoms with van der Waals surface area (Å²) in [4.78, 5) is 4.49. The van der Waals surface area contributed by atoms with Crippen LogP contribution in [0.5, 0.6) is 0 Å². The van der Waals surface area contributed by atoms with Crippen LogP contribution in [0, 0.1) is 5.82 Å². The van der Waals surface area contributed by atoms with E-state index in [2.05, 4.69) is 4.98 Å². The monoisotopic (exact) mass is 289 g/mol. The minimum absolute atomic E-state index is 0.335. The quantitative estimate of drug-likeness (QED) is 0.722. The van der Waals surface area contributed by atoms with Crippen LogP contribution in [0.4, 0.5) is 10.1 Å². The Hall–Kier alpha value is -2.07. The Morgan fingerprint density at radius 2 is 2.10 bits per heavy atom. The number of anilines is 1. The number of nitrogens with zero attached hydrogens (tertiary/aromatic N) is 2. The fourth-order valence-electron chi connectivity index (χ4n) is 2.39. The van der Waals surface area contributed by atoms with Crippen LogP contribution in [0.1, 0.15) is 6.92 Å². The van der Waals surface area contributed by atoms with Gasteiger partial charge < -0.3 is 10.3 Å². The van der Waals surface area contributed by atoms with Crippen LogP contribution in [0.15, 0.2) is 36.4 Å². The Morgan fingerprint density at radius 3 is 2.80 bits per heavy atom. The molecule has 0 saturated heterocycles. The summed E-state index contributed by atoms with van der Waals surface area (Å²) in [6, 6.07) is 10.1. The zero-order valence-corrected chi connectivity index (χ0v) is 11.7. The van der Waals surface area contributed by atoms with Gasteiger partial charge in [-0.1, -0.05) is 17.7 Å². The van der Waals surface area contributed by atoms with E-state index in [0.717, 1.165) is 11.0 Å². The molecule has 0 amide bonds. The van der Waals surface area contributed by atoms with Crippen molar-refractivity contribution >= 4 is 28.3 Å². The summed E-state index contributed by atoms with van der Waals surface area (Å²) in [6.45, 7) is 2.65. The lowest BCUT2D eigenvalue weighted by Gasteiger charge is -2.09. The molecule has 0 saturated carbocycles. The second kappa shape index (κ2) is 4.80. The number of halogens is 2. The van der Waals surface area contributed by atoms with Gasteiger partial charge in [0.15, 0.2) is 0 Å². The predicted octanol–water partition coefficient (Wildman–Crippen LogP) is 4.10. The number of nitrogen functional groups attached to an aromatic ring is 1. The number of fused-ring (bicyclic) bond motifs is 1. The van der Waals surface area contributed by atoms with E-state index in [0.29, 0.717) is 28.6 Å². The number of nitrogens with two attached hydrogens (primary N) is 1. The van der Waals surface area contributed by atoms with Crippen molar-refractivity contribution in [3.05, 3.63) is 47.2 Å². The van der Waals surface area contributed by atoms with Gasteiger partial charge in [-0.25, -0.2) is 9.37 Å². The molecule has 0 fully saturated rings. The average molecular weight is 290 g/mol. The molecule has 0 spiro atoms. The minimum Gasteiger partial charge on any atom is -0.398 e. The molecule has 0 aliphatic heterocycles. The van der Waals surface area contributed by atoms with Crippen molar-refractivity contribution in [3.63, 3.8) is 0 Å². The first-order chi connectivity index (χ1) is 9.61. The molecule has 1 heterocycles. The highest BCUT2D eigenvalue weighted by molar-refractivity contribution is 6.31. The molecular formula is C15H13ClFN3. The Bertz CT molecular complexity index is 775. The maximum absolute atomic E-state index is 14.1. The summed E-state index contributed by atoms with van der Waals surface area (Å²) in [7, 11) is 0. The summed E-state index contributed by atoms with van der Waals surface area (Å²) in [5, 5.41) is 0.603. The van der Waals surface area contributed by atoms with Crippen molar-refractivity contribution in [3.8, 4) is 11.4 Å². The fourth-order valence-corrected chi connectivity index (χ4v) is 2.56. The van der Waals surface area contributed by atoms with Gasteiger partial charge in [0, 0.05) is 17.3 Å². The molecule has 3 aromatic rings. The highest BCUT2D eigenvalue weighted by Crippen LogP contribution is 2.31. The lowest BCUT2D eigenvalue weighted by molar-refractivity contribution is 0.628. The lowest BCUT2D eigenvalue weighted by atomic mass is 10.1.